The summed E-state index contributed by atoms with van der Waals surface area (Å²) in [5, 5.41) is 9.12. The van der Waals surface area contributed by atoms with Crippen molar-refractivity contribution in [1.82, 2.24) is 13.9 Å². The molecule has 7 heteroatoms. The summed E-state index contributed by atoms with van der Waals surface area (Å²) in [6, 6.07) is 0.484. The highest BCUT2D eigenvalue weighted by Crippen LogP contribution is 2.29. The first-order valence-corrected chi connectivity index (χ1v) is 9.16. The van der Waals surface area contributed by atoms with Gasteiger partial charge < -0.3 is 5.11 Å². The predicted molar refractivity (Wildman–Crippen MR) is 76.4 cm³/mol. The molecule has 0 amide bonds. The van der Waals surface area contributed by atoms with E-state index in [1.807, 2.05) is 0 Å². The molecule has 2 unspecified atom stereocenters. The van der Waals surface area contributed by atoms with Gasteiger partial charge in [0, 0.05) is 38.3 Å². The standard InChI is InChI=1S/C13H25N3O3S/c17-10-11-3-8-16(9-4-11)20(18,19)14-12-5-7-15-6-1-2-13(12)15/h11-14,17H,1-10H2. The number of rotatable bonds is 4. The molecule has 0 spiro atoms. The zero-order valence-electron chi connectivity index (χ0n) is 11.9. The van der Waals surface area contributed by atoms with Crippen LogP contribution in [0.3, 0.4) is 0 Å². The lowest BCUT2D eigenvalue weighted by Crippen LogP contribution is -2.51. The third-order valence-corrected chi connectivity index (χ3v) is 6.72. The van der Waals surface area contributed by atoms with E-state index >= 15 is 0 Å². The Morgan fingerprint density at radius 3 is 2.50 bits per heavy atom. The SMILES string of the molecule is O=S(=O)(NC1CCN2CCCC12)N1CCC(CO)CC1. The molecule has 6 nitrogen and oxygen atoms in total. The third kappa shape index (κ3) is 2.87. The van der Waals surface area contributed by atoms with Crippen molar-refractivity contribution >= 4 is 10.2 Å². The molecule has 20 heavy (non-hydrogen) atoms. The van der Waals surface area contributed by atoms with E-state index in [-0.39, 0.29) is 18.6 Å². The minimum absolute atomic E-state index is 0.0815. The fourth-order valence-electron chi connectivity index (χ4n) is 3.82. The monoisotopic (exact) mass is 303 g/mol. The van der Waals surface area contributed by atoms with Gasteiger partial charge in [0.2, 0.25) is 0 Å². The number of hydrogen-bond acceptors (Lipinski definition) is 4. The van der Waals surface area contributed by atoms with Crippen molar-refractivity contribution in [2.45, 2.75) is 44.2 Å². The molecular formula is C13H25N3O3S. The minimum atomic E-state index is -3.36. The van der Waals surface area contributed by atoms with E-state index in [4.69, 9.17) is 5.11 Å². The summed E-state index contributed by atoms with van der Waals surface area (Å²) in [5.41, 5.74) is 0. The summed E-state index contributed by atoms with van der Waals surface area (Å²) < 4.78 is 29.4. The van der Waals surface area contributed by atoms with Crippen molar-refractivity contribution in [3.63, 3.8) is 0 Å². The van der Waals surface area contributed by atoms with Crippen LogP contribution in [-0.4, -0.2) is 67.6 Å². The van der Waals surface area contributed by atoms with E-state index in [1.165, 1.54) is 6.42 Å². The van der Waals surface area contributed by atoms with Gasteiger partial charge in [-0.05, 0) is 44.6 Å². The Kier molecular flexibility index (Phi) is 4.33. The second kappa shape index (κ2) is 5.88. The second-order valence-electron chi connectivity index (χ2n) is 6.29. The van der Waals surface area contributed by atoms with Crippen LogP contribution in [0, 0.1) is 5.92 Å². The van der Waals surface area contributed by atoms with Crippen LogP contribution in [0.5, 0.6) is 0 Å². The molecular weight excluding hydrogens is 278 g/mol. The van der Waals surface area contributed by atoms with Gasteiger partial charge in [-0.2, -0.15) is 17.4 Å². The lowest BCUT2D eigenvalue weighted by atomic mass is 10.00. The molecule has 2 atom stereocenters. The first-order valence-electron chi connectivity index (χ1n) is 7.72. The van der Waals surface area contributed by atoms with Gasteiger partial charge in [-0.1, -0.05) is 0 Å². The highest BCUT2D eigenvalue weighted by atomic mass is 32.2. The largest absolute Gasteiger partial charge is 0.396 e. The molecule has 0 radical (unpaired) electrons. The van der Waals surface area contributed by atoms with Crippen LogP contribution in [0.4, 0.5) is 0 Å². The maximum Gasteiger partial charge on any atom is 0.279 e. The highest BCUT2D eigenvalue weighted by molar-refractivity contribution is 7.87. The fraction of sp³-hybridized carbons (Fsp3) is 1.00. The Balaban J connectivity index is 1.59. The molecule has 2 N–H and O–H groups in total. The summed E-state index contributed by atoms with van der Waals surface area (Å²) in [6.45, 7) is 3.36. The first-order chi connectivity index (χ1) is 9.60. The summed E-state index contributed by atoms with van der Waals surface area (Å²) in [5.74, 6) is 0.262. The Morgan fingerprint density at radius 2 is 1.80 bits per heavy atom. The summed E-state index contributed by atoms with van der Waals surface area (Å²) >= 11 is 0. The lowest BCUT2D eigenvalue weighted by molar-refractivity contribution is 0.169. The first kappa shape index (κ1) is 14.7. The van der Waals surface area contributed by atoms with Gasteiger partial charge in [0.1, 0.15) is 0 Å². The van der Waals surface area contributed by atoms with E-state index in [1.54, 1.807) is 4.31 Å². The van der Waals surface area contributed by atoms with E-state index in [2.05, 4.69) is 9.62 Å². The van der Waals surface area contributed by atoms with Gasteiger partial charge >= 0.3 is 0 Å². The van der Waals surface area contributed by atoms with E-state index in [0.29, 0.717) is 19.1 Å². The van der Waals surface area contributed by atoms with Crippen molar-refractivity contribution in [2.75, 3.05) is 32.8 Å². The van der Waals surface area contributed by atoms with Crippen LogP contribution in [0.2, 0.25) is 0 Å². The number of fused-ring (bicyclic) bond motifs is 1. The molecule has 0 saturated carbocycles. The Bertz CT molecular complexity index is 434. The number of nitrogens with one attached hydrogen (secondary N) is 1. The molecule has 3 saturated heterocycles. The van der Waals surface area contributed by atoms with Gasteiger partial charge in [-0.15, -0.1) is 0 Å². The minimum Gasteiger partial charge on any atom is -0.396 e. The van der Waals surface area contributed by atoms with Crippen LogP contribution < -0.4 is 4.72 Å². The van der Waals surface area contributed by atoms with Gasteiger partial charge in [0.05, 0.1) is 0 Å². The lowest BCUT2D eigenvalue weighted by Gasteiger charge is -2.32. The third-order valence-electron chi connectivity index (χ3n) is 5.08. The molecule has 0 aromatic carbocycles. The molecule has 0 bridgehead atoms. The zero-order chi connectivity index (χ0) is 14.2. The van der Waals surface area contributed by atoms with Gasteiger partial charge in [0.15, 0.2) is 0 Å². The predicted octanol–water partition coefficient (Wildman–Crippen LogP) is -0.238. The molecule has 0 aliphatic carbocycles. The summed E-state index contributed by atoms with van der Waals surface area (Å²) in [4.78, 5) is 2.41. The average Bonchev–Trinajstić information content (AvgIpc) is 3.04. The van der Waals surface area contributed by atoms with Crippen molar-refractivity contribution in [3.05, 3.63) is 0 Å². The van der Waals surface area contributed by atoms with Crippen molar-refractivity contribution in [1.29, 1.82) is 0 Å². The topological polar surface area (TPSA) is 72.9 Å². The van der Waals surface area contributed by atoms with E-state index in [0.717, 1.165) is 38.8 Å². The van der Waals surface area contributed by atoms with Crippen LogP contribution in [0.15, 0.2) is 0 Å². The quantitative estimate of drug-likeness (QED) is 0.752. The molecule has 0 aromatic heterocycles. The van der Waals surface area contributed by atoms with Crippen LogP contribution >= 0.6 is 0 Å². The van der Waals surface area contributed by atoms with Crippen molar-refractivity contribution < 1.29 is 13.5 Å². The van der Waals surface area contributed by atoms with Crippen LogP contribution in [0.25, 0.3) is 0 Å². The van der Waals surface area contributed by atoms with Crippen LogP contribution in [-0.2, 0) is 10.2 Å². The molecule has 3 heterocycles. The highest BCUT2D eigenvalue weighted by Gasteiger charge is 2.40. The molecule has 116 valence electrons. The number of nitrogens with zero attached hydrogens (tertiary/aromatic N) is 2. The van der Waals surface area contributed by atoms with Crippen molar-refractivity contribution in [3.8, 4) is 0 Å². The normalized spacial score (nSPS) is 33.6. The average molecular weight is 303 g/mol. The Morgan fingerprint density at radius 1 is 1.05 bits per heavy atom. The van der Waals surface area contributed by atoms with Gasteiger partial charge in [-0.3, -0.25) is 4.90 Å². The number of aliphatic hydroxyl groups excluding tert-OH is 1. The molecule has 3 aliphatic heterocycles. The van der Waals surface area contributed by atoms with Crippen LogP contribution in [0.1, 0.15) is 32.1 Å². The summed E-state index contributed by atoms with van der Waals surface area (Å²) in [6.07, 6.45) is 4.75. The Hall–Kier alpha value is -0.210. The second-order valence-corrected chi connectivity index (χ2v) is 7.99. The fourth-order valence-corrected chi connectivity index (χ4v) is 5.32. The Labute approximate surface area is 121 Å². The smallest absolute Gasteiger partial charge is 0.279 e. The number of hydrogen-bond donors (Lipinski definition) is 2. The molecule has 3 fully saturated rings. The van der Waals surface area contributed by atoms with E-state index < -0.39 is 10.2 Å². The maximum atomic E-state index is 12.5. The molecule has 0 aromatic rings. The van der Waals surface area contributed by atoms with Gasteiger partial charge in [-0.25, -0.2) is 0 Å². The number of aliphatic hydroxyl groups is 1. The number of piperidine rings is 1. The molecule has 3 aliphatic rings. The van der Waals surface area contributed by atoms with Crippen molar-refractivity contribution in [2.24, 2.45) is 5.92 Å². The zero-order valence-corrected chi connectivity index (χ0v) is 12.7. The maximum absolute atomic E-state index is 12.5. The van der Waals surface area contributed by atoms with E-state index in [9.17, 15) is 8.42 Å². The van der Waals surface area contributed by atoms with Gasteiger partial charge in [0.25, 0.3) is 10.2 Å². The molecule has 3 rings (SSSR count). The summed E-state index contributed by atoms with van der Waals surface area (Å²) in [7, 11) is -3.36.